The van der Waals surface area contributed by atoms with E-state index in [-0.39, 0.29) is 5.92 Å². The molecule has 2 nitrogen and oxygen atoms in total. The molecular formula is C11H9NOS. The summed E-state index contributed by atoms with van der Waals surface area (Å²) < 4.78 is 0. The Bertz CT molecular complexity index is 396. The third-order valence-corrected chi connectivity index (χ3v) is 2.67. The lowest BCUT2D eigenvalue weighted by Gasteiger charge is -2.06. The molecule has 0 fully saturated rings. The highest BCUT2D eigenvalue weighted by Gasteiger charge is 2.13. The van der Waals surface area contributed by atoms with E-state index in [1.807, 2.05) is 35.7 Å². The molecular weight excluding hydrogens is 194 g/mol. The van der Waals surface area contributed by atoms with E-state index in [9.17, 15) is 4.79 Å². The lowest BCUT2D eigenvalue weighted by atomic mass is 9.98. The van der Waals surface area contributed by atoms with Crippen LogP contribution in [0.15, 0.2) is 41.2 Å². The molecule has 0 aliphatic heterocycles. The minimum Gasteiger partial charge on any atom is -0.302 e. The highest BCUT2D eigenvalue weighted by Crippen LogP contribution is 2.21. The maximum atomic E-state index is 11.0. The van der Waals surface area contributed by atoms with Crippen LogP contribution >= 0.6 is 11.3 Å². The van der Waals surface area contributed by atoms with E-state index in [1.54, 1.807) is 5.51 Å². The van der Waals surface area contributed by atoms with Gasteiger partial charge < -0.3 is 4.79 Å². The number of nitrogens with zero attached hydrogens (tertiary/aromatic N) is 1. The molecule has 0 amide bonds. The minimum atomic E-state index is -0.220. The van der Waals surface area contributed by atoms with Crippen molar-refractivity contribution in [1.29, 1.82) is 0 Å². The van der Waals surface area contributed by atoms with Gasteiger partial charge in [0.15, 0.2) is 0 Å². The van der Waals surface area contributed by atoms with Crippen LogP contribution in [-0.2, 0) is 4.79 Å². The van der Waals surface area contributed by atoms with E-state index >= 15 is 0 Å². The summed E-state index contributed by atoms with van der Waals surface area (Å²) in [6.07, 6.45) is 0.935. The van der Waals surface area contributed by atoms with E-state index in [4.69, 9.17) is 0 Å². The minimum absolute atomic E-state index is 0.220. The van der Waals surface area contributed by atoms with Crippen LogP contribution in [0.1, 0.15) is 17.2 Å². The third kappa shape index (κ3) is 1.72. The number of hydrogen-bond acceptors (Lipinski definition) is 3. The van der Waals surface area contributed by atoms with Crippen LogP contribution in [0.25, 0.3) is 0 Å². The van der Waals surface area contributed by atoms with E-state index in [1.165, 1.54) is 11.3 Å². The number of benzene rings is 1. The van der Waals surface area contributed by atoms with Gasteiger partial charge in [-0.15, -0.1) is 11.3 Å². The summed E-state index contributed by atoms with van der Waals surface area (Å²) in [6.45, 7) is 0. The standard InChI is InChI=1S/C11H9NOS/c13-6-10(11-7-14-8-12-11)9-4-2-1-3-5-9/h1-8,10H. The number of carbonyl (C=O) groups is 1. The molecule has 1 unspecified atom stereocenters. The molecule has 1 aromatic heterocycles. The van der Waals surface area contributed by atoms with Gasteiger partial charge in [-0.05, 0) is 5.56 Å². The van der Waals surface area contributed by atoms with Crippen molar-refractivity contribution in [3.8, 4) is 0 Å². The summed E-state index contributed by atoms with van der Waals surface area (Å²) in [5, 5.41) is 1.91. The largest absolute Gasteiger partial charge is 0.302 e. The van der Waals surface area contributed by atoms with Gasteiger partial charge in [0.1, 0.15) is 6.29 Å². The molecule has 14 heavy (non-hydrogen) atoms. The molecule has 0 saturated heterocycles. The number of carbonyl (C=O) groups excluding carboxylic acids is 1. The van der Waals surface area contributed by atoms with E-state index in [2.05, 4.69) is 4.98 Å². The molecule has 0 radical (unpaired) electrons. The highest BCUT2D eigenvalue weighted by atomic mass is 32.1. The van der Waals surface area contributed by atoms with Gasteiger partial charge in [0, 0.05) is 5.38 Å². The maximum absolute atomic E-state index is 11.0. The summed E-state index contributed by atoms with van der Waals surface area (Å²) in [4.78, 5) is 15.1. The monoisotopic (exact) mass is 203 g/mol. The Kier molecular flexibility index (Phi) is 2.70. The fourth-order valence-corrected chi connectivity index (χ4v) is 1.95. The summed E-state index contributed by atoms with van der Waals surface area (Å²) in [5.41, 5.74) is 3.57. The topological polar surface area (TPSA) is 30.0 Å². The van der Waals surface area contributed by atoms with Gasteiger partial charge in [-0.25, -0.2) is 4.98 Å². The van der Waals surface area contributed by atoms with Crippen LogP contribution in [0.3, 0.4) is 0 Å². The van der Waals surface area contributed by atoms with Crippen molar-refractivity contribution in [3.63, 3.8) is 0 Å². The molecule has 2 aromatic rings. The molecule has 0 aliphatic carbocycles. The van der Waals surface area contributed by atoms with Crippen LogP contribution in [-0.4, -0.2) is 11.3 Å². The number of rotatable bonds is 3. The predicted octanol–water partition coefficient (Wildman–Crippen LogP) is 2.47. The molecule has 0 aliphatic rings. The molecule has 1 aromatic carbocycles. The van der Waals surface area contributed by atoms with Gasteiger partial charge in [0.2, 0.25) is 0 Å². The van der Waals surface area contributed by atoms with Crippen molar-refractivity contribution < 1.29 is 4.79 Å². The van der Waals surface area contributed by atoms with Crippen LogP contribution in [0, 0.1) is 0 Å². The normalized spacial score (nSPS) is 12.3. The summed E-state index contributed by atoms with van der Waals surface area (Å²) in [5.74, 6) is -0.220. The molecule has 3 heteroatoms. The first-order valence-corrected chi connectivity index (χ1v) is 5.24. The van der Waals surface area contributed by atoms with Crippen LogP contribution in [0.5, 0.6) is 0 Å². The van der Waals surface area contributed by atoms with Crippen LogP contribution < -0.4 is 0 Å². The smallest absolute Gasteiger partial charge is 0.133 e. The second kappa shape index (κ2) is 4.15. The zero-order valence-corrected chi connectivity index (χ0v) is 8.28. The van der Waals surface area contributed by atoms with Gasteiger partial charge in [0.05, 0.1) is 17.1 Å². The molecule has 1 heterocycles. The Balaban J connectivity index is 2.36. The Morgan fingerprint density at radius 3 is 2.64 bits per heavy atom. The zero-order chi connectivity index (χ0) is 9.80. The summed E-state index contributed by atoms with van der Waals surface area (Å²) in [6, 6.07) is 9.68. The molecule has 2 rings (SSSR count). The van der Waals surface area contributed by atoms with Gasteiger partial charge in [-0.3, -0.25) is 0 Å². The molecule has 0 saturated carbocycles. The molecule has 1 atom stereocenters. The Hall–Kier alpha value is -1.48. The predicted molar refractivity (Wildman–Crippen MR) is 56.5 cm³/mol. The Morgan fingerprint density at radius 1 is 1.29 bits per heavy atom. The molecule has 0 N–H and O–H groups in total. The van der Waals surface area contributed by atoms with E-state index in [0.29, 0.717) is 0 Å². The Morgan fingerprint density at radius 2 is 2.07 bits per heavy atom. The molecule has 70 valence electrons. The lowest BCUT2D eigenvalue weighted by Crippen LogP contribution is -2.02. The second-order valence-electron chi connectivity index (χ2n) is 2.94. The van der Waals surface area contributed by atoms with Crippen LogP contribution in [0.2, 0.25) is 0 Å². The second-order valence-corrected chi connectivity index (χ2v) is 3.66. The summed E-state index contributed by atoms with van der Waals surface area (Å²) in [7, 11) is 0. The fourth-order valence-electron chi connectivity index (χ4n) is 1.35. The first-order valence-electron chi connectivity index (χ1n) is 4.30. The average Bonchev–Trinajstić information content (AvgIpc) is 2.74. The molecule has 0 spiro atoms. The quantitative estimate of drug-likeness (QED) is 0.717. The summed E-state index contributed by atoms with van der Waals surface area (Å²) >= 11 is 1.51. The maximum Gasteiger partial charge on any atom is 0.133 e. The third-order valence-electron chi connectivity index (χ3n) is 2.06. The number of hydrogen-bond donors (Lipinski definition) is 0. The number of aromatic nitrogens is 1. The SMILES string of the molecule is O=CC(c1ccccc1)c1cscn1. The average molecular weight is 203 g/mol. The number of thiazole rings is 1. The molecule has 0 bridgehead atoms. The van der Waals surface area contributed by atoms with Crippen molar-refractivity contribution >= 4 is 17.6 Å². The highest BCUT2D eigenvalue weighted by molar-refractivity contribution is 7.07. The van der Waals surface area contributed by atoms with E-state index < -0.39 is 0 Å². The van der Waals surface area contributed by atoms with E-state index in [0.717, 1.165) is 17.5 Å². The van der Waals surface area contributed by atoms with Gasteiger partial charge >= 0.3 is 0 Å². The van der Waals surface area contributed by atoms with Crippen molar-refractivity contribution in [2.75, 3.05) is 0 Å². The van der Waals surface area contributed by atoms with Crippen molar-refractivity contribution in [1.82, 2.24) is 4.98 Å². The van der Waals surface area contributed by atoms with Gasteiger partial charge in [-0.2, -0.15) is 0 Å². The first kappa shape index (κ1) is 9.09. The van der Waals surface area contributed by atoms with Crippen molar-refractivity contribution in [2.24, 2.45) is 0 Å². The number of aldehydes is 1. The van der Waals surface area contributed by atoms with Crippen molar-refractivity contribution in [2.45, 2.75) is 5.92 Å². The van der Waals surface area contributed by atoms with Crippen LogP contribution in [0.4, 0.5) is 0 Å². The Labute approximate surface area is 86.2 Å². The zero-order valence-electron chi connectivity index (χ0n) is 7.46. The lowest BCUT2D eigenvalue weighted by molar-refractivity contribution is -0.108. The van der Waals surface area contributed by atoms with Crippen molar-refractivity contribution in [3.05, 3.63) is 52.5 Å². The first-order chi connectivity index (χ1) is 6.92. The fraction of sp³-hybridized carbons (Fsp3) is 0.0909. The van der Waals surface area contributed by atoms with Gasteiger partial charge in [0.25, 0.3) is 0 Å². The van der Waals surface area contributed by atoms with Gasteiger partial charge in [-0.1, -0.05) is 30.3 Å².